The zero-order valence-electron chi connectivity index (χ0n) is 19.4. The first-order valence-electron chi connectivity index (χ1n) is 11.1. The highest BCUT2D eigenvalue weighted by Crippen LogP contribution is 2.38. The number of aromatic nitrogens is 6. The number of hydrogen-bond acceptors (Lipinski definition) is 9. The van der Waals surface area contributed by atoms with Crippen LogP contribution in [0, 0.1) is 10.1 Å². The maximum Gasteiger partial charge on any atom is 0.284 e. The lowest BCUT2D eigenvalue weighted by Gasteiger charge is -2.27. The van der Waals surface area contributed by atoms with Crippen LogP contribution in [0.4, 0.5) is 5.69 Å². The molecule has 35 heavy (non-hydrogen) atoms. The predicted molar refractivity (Wildman–Crippen MR) is 126 cm³/mol. The number of rotatable bonds is 8. The van der Waals surface area contributed by atoms with Crippen molar-refractivity contribution in [2.75, 3.05) is 27.3 Å². The molecule has 0 saturated carbocycles. The molecule has 0 spiro atoms. The van der Waals surface area contributed by atoms with Crippen LogP contribution in [0.15, 0.2) is 48.9 Å². The molecule has 0 radical (unpaired) electrons. The topological polar surface area (TPSA) is 126 Å². The SMILES string of the molecule is COc1cc(-c2nnn(-c3ccc(CCN4CCn5cncc5C4)cc3)n2)c([N+](=O)[O-])cc1OC. The van der Waals surface area contributed by atoms with Gasteiger partial charge >= 0.3 is 0 Å². The third-order valence-electron chi connectivity index (χ3n) is 6.08. The van der Waals surface area contributed by atoms with Crippen molar-refractivity contribution in [1.29, 1.82) is 0 Å². The number of imidazole rings is 1. The second-order valence-corrected chi connectivity index (χ2v) is 8.15. The van der Waals surface area contributed by atoms with Crippen LogP contribution < -0.4 is 9.47 Å². The van der Waals surface area contributed by atoms with Gasteiger partial charge in [-0.15, -0.1) is 15.0 Å². The summed E-state index contributed by atoms with van der Waals surface area (Å²) in [5.74, 6) is 0.708. The number of benzene rings is 2. The molecule has 5 rings (SSSR count). The number of nitro benzene ring substituents is 1. The van der Waals surface area contributed by atoms with Crippen LogP contribution in [0.2, 0.25) is 0 Å². The van der Waals surface area contributed by atoms with Crippen molar-refractivity contribution in [2.24, 2.45) is 0 Å². The Labute approximate surface area is 200 Å². The third-order valence-corrected chi connectivity index (χ3v) is 6.08. The Morgan fingerprint density at radius 1 is 1.09 bits per heavy atom. The van der Waals surface area contributed by atoms with E-state index in [2.05, 4.69) is 29.9 Å². The molecule has 4 aromatic rings. The molecule has 2 aromatic carbocycles. The van der Waals surface area contributed by atoms with E-state index in [1.54, 1.807) is 0 Å². The first-order valence-corrected chi connectivity index (χ1v) is 11.1. The number of nitro groups is 1. The van der Waals surface area contributed by atoms with Gasteiger partial charge in [0.25, 0.3) is 5.69 Å². The number of nitrogens with zero attached hydrogens (tertiary/aromatic N) is 8. The van der Waals surface area contributed by atoms with Gasteiger partial charge in [-0.05, 0) is 29.3 Å². The van der Waals surface area contributed by atoms with Gasteiger partial charge in [-0.3, -0.25) is 15.0 Å². The molecule has 0 aliphatic carbocycles. The third kappa shape index (κ3) is 4.55. The predicted octanol–water partition coefficient (Wildman–Crippen LogP) is 2.51. The molecule has 0 atom stereocenters. The summed E-state index contributed by atoms with van der Waals surface area (Å²) in [6.45, 7) is 3.84. The monoisotopic (exact) mass is 476 g/mol. The summed E-state index contributed by atoms with van der Waals surface area (Å²) in [5.41, 5.74) is 3.15. The van der Waals surface area contributed by atoms with Crippen LogP contribution in [-0.4, -0.2) is 66.9 Å². The molecular formula is C23H24N8O4. The van der Waals surface area contributed by atoms with Gasteiger partial charge in [-0.25, -0.2) is 4.98 Å². The van der Waals surface area contributed by atoms with Crippen LogP contribution in [0.5, 0.6) is 11.5 Å². The van der Waals surface area contributed by atoms with E-state index >= 15 is 0 Å². The van der Waals surface area contributed by atoms with Gasteiger partial charge in [0.2, 0.25) is 5.82 Å². The second kappa shape index (κ2) is 9.50. The maximum absolute atomic E-state index is 11.6. The first kappa shape index (κ1) is 22.5. The molecule has 12 heteroatoms. The summed E-state index contributed by atoms with van der Waals surface area (Å²) >= 11 is 0. The summed E-state index contributed by atoms with van der Waals surface area (Å²) in [6, 6.07) is 10.7. The molecule has 12 nitrogen and oxygen atoms in total. The average Bonchev–Trinajstić information content (AvgIpc) is 3.56. The molecule has 0 N–H and O–H groups in total. The lowest BCUT2D eigenvalue weighted by atomic mass is 10.1. The van der Waals surface area contributed by atoms with Gasteiger partial charge < -0.3 is 14.0 Å². The van der Waals surface area contributed by atoms with Crippen molar-refractivity contribution in [1.82, 2.24) is 34.7 Å². The van der Waals surface area contributed by atoms with Crippen LogP contribution >= 0.6 is 0 Å². The van der Waals surface area contributed by atoms with Crippen molar-refractivity contribution in [2.45, 2.75) is 19.5 Å². The van der Waals surface area contributed by atoms with Gasteiger partial charge in [0.15, 0.2) is 11.5 Å². The molecule has 0 fully saturated rings. The zero-order valence-corrected chi connectivity index (χ0v) is 19.4. The van der Waals surface area contributed by atoms with E-state index in [4.69, 9.17) is 9.47 Å². The van der Waals surface area contributed by atoms with E-state index in [1.165, 1.54) is 42.4 Å². The quantitative estimate of drug-likeness (QED) is 0.278. The van der Waals surface area contributed by atoms with E-state index in [0.717, 1.165) is 32.6 Å². The minimum Gasteiger partial charge on any atom is -0.493 e. The Balaban J connectivity index is 1.30. The van der Waals surface area contributed by atoms with Gasteiger partial charge in [-0.2, -0.15) is 0 Å². The van der Waals surface area contributed by atoms with Gasteiger partial charge in [0, 0.05) is 38.4 Å². The maximum atomic E-state index is 11.6. The molecule has 180 valence electrons. The van der Waals surface area contributed by atoms with Crippen LogP contribution in [0.1, 0.15) is 11.3 Å². The first-order chi connectivity index (χ1) is 17.1. The van der Waals surface area contributed by atoms with E-state index in [-0.39, 0.29) is 22.8 Å². The van der Waals surface area contributed by atoms with Gasteiger partial charge in [0.05, 0.1) is 42.9 Å². The second-order valence-electron chi connectivity index (χ2n) is 8.15. The van der Waals surface area contributed by atoms with E-state index < -0.39 is 4.92 Å². The smallest absolute Gasteiger partial charge is 0.284 e. The Morgan fingerprint density at radius 2 is 1.86 bits per heavy atom. The van der Waals surface area contributed by atoms with Gasteiger partial charge in [0.1, 0.15) is 5.56 Å². The Bertz CT molecular complexity index is 1350. The van der Waals surface area contributed by atoms with Crippen molar-refractivity contribution >= 4 is 5.69 Å². The number of tetrazole rings is 1. The molecule has 1 aliphatic heterocycles. The normalized spacial score (nSPS) is 13.4. The molecule has 0 amide bonds. The summed E-state index contributed by atoms with van der Waals surface area (Å²) < 4.78 is 12.7. The minimum absolute atomic E-state index is 0.117. The number of methoxy groups -OCH3 is 2. The van der Waals surface area contributed by atoms with E-state index in [1.807, 2.05) is 36.8 Å². The van der Waals surface area contributed by atoms with Crippen LogP contribution in [0.25, 0.3) is 17.1 Å². The Hall–Kier alpha value is -4.32. The zero-order chi connectivity index (χ0) is 24.4. The Kier molecular flexibility index (Phi) is 6.10. The average molecular weight is 476 g/mol. The fraction of sp³-hybridized carbons (Fsp3) is 0.304. The Morgan fingerprint density at radius 3 is 2.60 bits per heavy atom. The molecule has 0 unspecified atom stereocenters. The molecule has 0 bridgehead atoms. The van der Waals surface area contributed by atoms with Crippen molar-refractivity contribution in [3.05, 3.63) is 70.3 Å². The highest BCUT2D eigenvalue weighted by molar-refractivity contribution is 5.72. The van der Waals surface area contributed by atoms with Crippen LogP contribution in [-0.2, 0) is 19.5 Å². The fourth-order valence-electron chi connectivity index (χ4n) is 4.14. The lowest BCUT2D eigenvalue weighted by molar-refractivity contribution is -0.384. The standard InChI is InChI=1S/C23H24N8O4/c1-34-21-11-19(20(31(32)33)12-22(21)35-2)23-25-27-30(26-23)17-5-3-16(4-6-17)7-8-28-9-10-29-15-24-13-18(29)14-28/h3-6,11-13,15H,7-10,14H2,1-2H3. The lowest BCUT2D eigenvalue weighted by Crippen LogP contribution is -2.34. The van der Waals surface area contributed by atoms with Gasteiger partial charge in [-0.1, -0.05) is 12.1 Å². The minimum atomic E-state index is -0.511. The fourth-order valence-corrected chi connectivity index (χ4v) is 4.14. The van der Waals surface area contributed by atoms with Crippen LogP contribution in [0.3, 0.4) is 0 Å². The number of fused-ring (bicyclic) bond motifs is 1. The number of ether oxygens (including phenoxy) is 2. The molecular weight excluding hydrogens is 452 g/mol. The van der Waals surface area contributed by atoms with Crippen molar-refractivity contribution in [3.8, 4) is 28.6 Å². The summed E-state index contributed by atoms with van der Waals surface area (Å²) in [6.07, 6.45) is 4.73. The van der Waals surface area contributed by atoms with E-state index in [9.17, 15) is 10.1 Å². The molecule has 2 aromatic heterocycles. The van der Waals surface area contributed by atoms with Crippen molar-refractivity contribution in [3.63, 3.8) is 0 Å². The van der Waals surface area contributed by atoms with E-state index in [0.29, 0.717) is 11.4 Å². The summed E-state index contributed by atoms with van der Waals surface area (Å²) in [5, 5.41) is 24.1. The molecule has 1 aliphatic rings. The summed E-state index contributed by atoms with van der Waals surface area (Å²) in [4.78, 5) is 19.1. The molecule has 3 heterocycles. The molecule has 0 saturated heterocycles. The summed E-state index contributed by atoms with van der Waals surface area (Å²) in [7, 11) is 2.88. The highest BCUT2D eigenvalue weighted by Gasteiger charge is 2.24. The highest BCUT2D eigenvalue weighted by atomic mass is 16.6. The van der Waals surface area contributed by atoms with Crippen molar-refractivity contribution < 1.29 is 14.4 Å². The largest absolute Gasteiger partial charge is 0.493 e. The number of hydrogen-bond donors (Lipinski definition) is 0.